The fourth-order valence-electron chi connectivity index (χ4n) is 1.44. The summed E-state index contributed by atoms with van der Waals surface area (Å²) in [6.45, 7) is 8.38. The predicted molar refractivity (Wildman–Crippen MR) is 74.3 cm³/mol. The van der Waals surface area contributed by atoms with Gasteiger partial charge < -0.3 is 16.0 Å². The SMILES string of the molecule is Cc1cnc(NCCCN(C)C(C)C)cc1N. The Kier molecular flexibility index (Phi) is 5.22. The summed E-state index contributed by atoms with van der Waals surface area (Å²) in [6.07, 6.45) is 2.90. The highest BCUT2D eigenvalue weighted by atomic mass is 15.1. The Hall–Kier alpha value is -1.29. The largest absolute Gasteiger partial charge is 0.398 e. The molecule has 4 heteroatoms. The van der Waals surface area contributed by atoms with Gasteiger partial charge in [-0.2, -0.15) is 0 Å². The molecule has 4 nitrogen and oxygen atoms in total. The van der Waals surface area contributed by atoms with Gasteiger partial charge in [0.05, 0.1) is 0 Å². The molecule has 0 aliphatic carbocycles. The van der Waals surface area contributed by atoms with Crippen LogP contribution in [0.3, 0.4) is 0 Å². The third-order valence-electron chi connectivity index (χ3n) is 3.02. The standard InChI is InChI=1S/C13H24N4/c1-10(2)17(4)7-5-6-15-13-8-12(14)11(3)9-16-13/h8-10H,5-7H2,1-4H3,(H3,14,15,16). The van der Waals surface area contributed by atoms with Crippen molar-refractivity contribution in [3.8, 4) is 0 Å². The van der Waals surface area contributed by atoms with Gasteiger partial charge in [-0.15, -0.1) is 0 Å². The lowest BCUT2D eigenvalue weighted by molar-refractivity contribution is 0.273. The first-order chi connectivity index (χ1) is 8.00. The molecule has 0 atom stereocenters. The summed E-state index contributed by atoms with van der Waals surface area (Å²) >= 11 is 0. The number of aryl methyl sites for hydroxylation is 1. The van der Waals surface area contributed by atoms with Crippen LogP contribution < -0.4 is 11.1 Å². The molecule has 0 unspecified atom stereocenters. The zero-order valence-electron chi connectivity index (χ0n) is 11.3. The second-order valence-electron chi connectivity index (χ2n) is 4.78. The van der Waals surface area contributed by atoms with Crippen molar-refractivity contribution in [1.29, 1.82) is 0 Å². The zero-order valence-corrected chi connectivity index (χ0v) is 11.3. The molecule has 3 N–H and O–H groups in total. The summed E-state index contributed by atoms with van der Waals surface area (Å²) in [4.78, 5) is 6.62. The summed E-state index contributed by atoms with van der Waals surface area (Å²) in [7, 11) is 2.15. The number of nitrogens with zero attached hydrogens (tertiary/aromatic N) is 2. The number of nitrogens with two attached hydrogens (primary N) is 1. The van der Waals surface area contributed by atoms with E-state index in [1.54, 1.807) is 6.20 Å². The van der Waals surface area contributed by atoms with Crippen LogP contribution in [0, 0.1) is 6.92 Å². The second-order valence-corrected chi connectivity index (χ2v) is 4.78. The molecule has 0 saturated carbocycles. The Morgan fingerprint density at radius 2 is 2.18 bits per heavy atom. The number of anilines is 2. The monoisotopic (exact) mass is 236 g/mol. The van der Waals surface area contributed by atoms with Crippen molar-refractivity contribution in [3.63, 3.8) is 0 Å². The minimum atomic E-state index is 0.600. The summed E-state index contributed by atoms with van der Waals surface area (Å²) in [6, 6.07) is 2.49. The van der Waals surface area contributed by atoms with Gasteiger partial charge in [-0.3, -0.25) is 0 Å². The van der Waals surface area contributed by atoms with Crippen molar-refractivity contribution in [1.82, 2.24) is 9.88 Å². The van der Waals surface area contributed by atoms with E-state index in [4.69, 9.17) is 5.73 Å². The summed E-state index contributed by atoms with van der Waals surface area (Å²) in [5.74, 6) is 0.861. The Morgan fingerprint density at radius 3 is 2.76 bits per heavy atom. The lowest BCUT2D eigenvalue weighted by atomic mass is 10.2. The van der Waals surface area contributed by atoms with Crippen molar-refractivity contribution < 1.29 is 0 Å². The third-order valence-corrected chi connectivity index (χ3v) is 3.02. The van der Waals surface area contributed by atoms with Gasteiger partial charge in [0.15, 0.2) is 0 Å². The number of nitrogen functional groups attached to an aromatic ring is 1. The molecule has 0 aliphatic rings. The normalized spacial score (nSPS) is 11.2. The highest BCUT2D eigenvalue weighted by Gasteiger charge is 2.02. The van der Waals surface area contributed by atoms with Crippen LogP contribution in [0.4, 0.5) is 11.5 Å². The van der Waals surface area contributed by atoms with E-state index in [2.05, 4.69) is 36.1 Å². The van der Waals surface area contributed by atoms with E-state index < -0.39 is 0 Å². The molecule has 0 saturated heterocycles. The van der Waals surface area contributed by atoms with Crippen molar-refractivity contribution in [2.75, 3.05) is 31.2 Å². The average Bonchev–Trinajstić information content (AvgIpc) is 2.28. The fourth-order valence-corrected chi connectivity index (χ4v) is 1.44. The van der Waals surface area contributed by atoms with Gasteiger partial charge >= 0.3 is 0 Å². The van der Waals surface area contributed by atoms with Crippen LogP contribution in [0.2, 0.25) is 0 Å². The highest BCUT2D eigenvalue weighted by molar-refractivity contribution is 5.53. The molecule has 0 aliphatic heterocycles. The van der Waals surface area contributed by atoms with E-state index >= 15 is 0 Å². The predicted octanol–water partition coefficient (Wildman–Crippen LogP) is 2.11. The van der Waals surface area contributed by atoms with Crippen LogP contribution in [0.25, 0.3) is 0 Å². The van der Waals surface area contributed by atoms with Gasteiger partial charge in [0.2, 0.25) is 0 Å². The lowest BCUT2D eigenvalue weighted by Crippen LogP contribution is -2.28. The fraction of sp³-hybridized carbons (Fsp3) is 0.615. The minimum absolute atomic E-state index is 0.600. The molecule has 1 aromatic rings. The first-order valence-corrected chi connectivity index (χ1v) is 6.17. The van der Waals surface area contributed by atoms with Gasteiger partial charge in [-0.1, -0.05) is 0 Å². The van der Waals surface area contributed by atoms with E-state index in [1.807, 2.05) is 13.0 Å². The van der Waals surface area contributed by atoms with Crippen LogP contribution in [0.15, 0.2) is 12.3 Å². The van der Waals surface area contributed by atoms with Gasteiger partial charge in [-0.25, -0.2) is 4.98 Å². The molecule has 96 valence electrons. The molecular weight excluding hydrogens is 212 g/mol. The molecule has 0 spiro atoms. The maximum absolute atomic E-state index is 5.82. The number of hydrogen-bond acceptors (Lipinski definition) is 4. The van der Waals surface area contributed by atoms with E-state index in [0.717, 1.165) is 36.6 Å². The van der Waals surface area contributed by atoms with Crippen molar-refractivity contribution in [2.24, 2.45) is 0 Å². The number of hydrogen-bond donors (Lipinski definition) is 2. The Balaban J connectivity index is 2.29. The van der Waals surface area contributed by atoms with Crippen LogP contribution in [-0.4, -0.2) is 36.1 Å². The van der Waals surface area contributed by atoms with E-state index in [-0.39, 0.29) is 0 Å². The molecule has 0 bridgehead atoms. The van der Waals surface area contributed by atoms with Crippen LogP contribution in [0.5, 0.6) is 0 Å². The number of rotatable bonds is 6. The van der Waals surface area contributed by atoms with Gasteiger partial charge in [0.1, 0.15) is 5.82 Å². The molecule has 17 heavy (non-hydrogen) atoms. The van der Waals surface area contributed by atoms with E-state index in [1.165, 1.54) is 0 Å². The van der Waals surface area contributed by atoms with Crippen molar-refractivity contribution in [3.05, 3.63) is 17.8 Å². The van der Waals surface area contributed by atoms with Crippen molar-refractivity contribution in [2.45, 2.75) is 33.2 Å². The molecule has 0 fully saturated rings. The average molecular weight is 236 g/mol. The number of pyridine rings is 1. The smallest absolute Gasteiger partial charge is 0.127 e. The van der Waals surface area contributed by atoms with Crippen LogP contribution in [-0.2, 0) is 0 Å². The van der Waals surface area contributed by atoms with Crippen molar-refractivity contribution >= 4 is 11.5 Å². The van der Waals surface area contributed by atoms with E-state index in [9.17, 15) is 0 Å². The molecule has 0 amide bonds. The molecule has 1 heterocycles. The third kappa shape index (κ3) is 4.61. The molecule has 1 aromatic heterocycles. The Morgan fingerprint density at radius 1 is 1.47 bits per heavy atom. The topological polar surface area (TPSA) is 54.2 Å². The first kappa shape index (κ1) is 13.8. The number of nitrogens with one attached hydrogen (secondary N) is 1. The van der Waals surface area contributed by atoms with Crippen LogP contribution in [0.1, 0.15) is 25.8 Å². The molecule has 0 radical (unpaired) electrons. The first-order valence-electron chi connectivity index (χ1n) is 6.17. The number of aromatic nitrogens is 1. The van der Waals surface area contributed by atoms with Gasteiger partial charge in [0.25, 0.3) is 0 Å². The van der Waals surface area contributed by atoms with Crippen LogP contribution >= 0.6 is 0 Å². The van der Waals surface area contributed by atoms with E-state index in [0.29, 0.717) is 6.04 Å². The molecule has 0 aromatic carbocycles. The van der Waals surface area contributed by atoms with Gasteiger partial charge in [-0.05, 0) is 46.3 Å². The summed E-state index contributed by atoms with van der Waals surface area (Å²) < 4.78 is 0. The zero-order chi connectivity index (χ0) is 12.8. The second kappa shape index (κ2) is 6.45. The molecule has 1 rings (SSSR count). The maximum atomic E-state index is 5.82. The quantitative estimate of drug-likeness (QED) is 0.743. The Bertz CT molecular complexity index is 349. The van der Waals surface area contributed by atoms with Gasteiger partial charge in [0, 0.05) is 30.5 Å². The summed E-state index contributed by atoms with van der Waals surface area (Å²) in [5, 5.41) is 3.29. The lowest BCUT2D eigenvalue weighted by Gasteiger charge is -2.20. The summed E-state index contributed by atoms with van der Waals surface area (Å²) in [5.41, 5.74) is 7.64. The Labute approximate surface area is 104 Å². The maximum Gasteiger partial charge on any atom is 0.127 e. The highest BCUT2D eigenvalue weighted by Crippen LogP contribution is 2.13. The minimum Gasteiger partial charge on any atom is -0.398 e. The molecular formula is C13H24N4.